The van der Waals surface area contributed by atoms with E-state index in [9.17, 15) is 4.79 Å². The van der Waals surface area contributed by atoms with E-state index in [1.54, 1.807) is 0 Å². The highest BCUT2D eigenvalue weighted by atomic mass is 35.5. The maximum absolute atomic E-state index is 11.8. The molecule has 1 N–H and O–H groups in total. The average molecular weight is 249 g/mol. The number of halogens is 1. The van der Waals surface area contributed by atoms with Gasteiger partial charge < -0.3 is 15.0 Å². The van der Waals surface area contributed by atoms with Gasteiger partial charge in [-0.3, -0.25) is 4.79 Å². The number of fused-ring (bicyclic) bond motifs is 1. The van der Waals surface area contributed by atoms with Crippen LogP contribution in [0, 0.1) is 11.8 Å². The third-order valence-electron chi connectivity index (χ3n) is 3.28. The van der Waals surface area contributed by atoms with Gasteiger partial charge in [0.05, 0.1) is 6.10 Å². The van der Waals surface area contributed by atoms with Gasteiger partial charge in [0, 0.05) is 26.2 Å². The van der Waals surface area contributed by atoms with Crippen LogP contribution >= 0.6 is 12.4 Å². The average Bonchev–Trinajstić information content (AvgIpc) is 2.72. The molecule has 2 rings (SSSR count). The molecule has 2 fully saturated rings. The highest BCUT2D eigenvalue weighted by Crippen LogP contribution is 2.26. The van der Waals surface area contributed by atoms with E-state index in [-0.39, 0.29) is 31.0 Å². The van der Waals surface area contributed by atoms with E-state index in [1.807, 2.05) is 18.7 Å². The van der Waals surface area contributed by atoms with Crippen molar-refractivity contribution in [1.29, 1.82) is 0 Å². The molecule has 2 heterocycles. The van der Waals surface area contributed by atoms with Crippen molar-refractivity contribution in [1.82, 2.24) is 10.2 Å². The first-order valence-electron chi connectivity index (χ1n) is 5.77. The van der Waals surface area contributed by atoms with Gasteiger partial charge in [-0.25, -0.2) is 0 Å². The third kappa shape index (κ3) is 3.09. The predicted octanol–water partition coefficient (Wildman–Crippen LogP) is 0.511. The number of amides is 1. The number of nitrogens with zero attached hydrogens (tertiary/aromatic N) is 1. The Labute approximate surface area is 103 Å². The van der Waals surface area contributed by atoms with Crippen molar-refractivity contribution in [2.45, 2.75) is 20.0 Å². The summed E-state index contributed by atoms with van der Waals surface area (Å²) in [6.07, 6.45) is 0.137. The van der Waals surface area contributed by atoms with Gasteiger partial charge >= 0.3 is 0 Å². The summed E-state index contributed by atoms with van der Waals surface area (Å²) in [5.74, 6) is 1.50. The van der Waals surface area contributed by atoms with Crippen molar-refractivity contribution in [3.05, 3.63) is 0 Å². The van der Waals surface area contributed by atoms with Crippen LogP contribution < -0.4 is 5.32 Å². The minimum absolute atomic E-state index is 0. The normalized spacial score (nSPS) is 28.1. The van der Waals surface area contributed by atoms with Gasteiger partial charge in [-0.1, -0.05) is 0 Å². The van der Waals surface area contributed by atoms with Crippen LogP contribution in [-0.4, -0.2) is 49.7 Å². The molecule has 5 heteroatoms. The van der Waals surface area contributed by atoms with Crippen LogP contribution in [0.5, 0.6) is 0 Å². The number of rotatable bonds is 3. The minimum Gasteiger partial charge on any atom is -0.369 e. The first-order chi connectivity index (χ1) is 7.16. The lowest BCUT2D eigenvalue weighted by Gasteiger charge is -2.18. The molecule has 0 aromatic carbocycles. The van der Waals surface area contributed by atoms with Crippen LogP contribution in [0.3, 0.4) is 0 Å². The van der Waals surface area contributed by atoms with E-state index >= 15 is 0 Å². The smallest absolute Gasteiger partial charge is 0.248 e. The fraction of sp³-hybridized carbons (Fsp3) is 0.909. The van der Waals surface area contributed by atoms with Crippen LogP contribution in [0.4, 0.5) is 0 Å². The number of carbonyl (C=O) groups is 1. The quantitative estimate of drug-likeness (QED) is 0.792. The zero-order valence-corrected chi connectivity index (χ0v) is 10.8. The van der Waals surface area contributed by atoms with Crippen LogP contribution in [0.2, 0.25) is 0 Å². The molecule has 0 unspecified atom stereocenters. The van der Waals surface area contributed by atoms with Crippen LogP contribution in [0.25, 0.3) is 0 Å². The molecule has 0 saturated carbocycles. The van der Waals surface area contributed by atoms with Crippen molar-refractivity contribution in [3.8, 4) is 0 Å². The zero-order chi connectivity index (χ0) is 10.8. The van der Waals surface area contributed by atoms with E-state index in [2.05, 4.69) is 5.32 Å². The minimum atomic E-state index is 0. The number of hydrogen-bond acceptors (Lipinski definition) is 3. The van der Waals surface area contributed by atoms with Gasteiger partial charge in [0.2, 0.25) is 5.91 Å². The highest BCUT2D eigenvalue weighted by Gasteiger charge is 2.37. The number of ether oxygens (including phenoxy) is 1. The molecule has 2 aliphatic heterocycles. The summed E-state index contributed by atoms with van der Waals surface area (Å²) in [4.78, 5) is 13.7. The van der Waals surface area contributed by atoms with Crippen molar-refractivity contribution >= 4 is 18.3 Å². The number of likely N-dealkylation sites (tertiary alicyclic amines) is 1. The maximum Gasteiger partial charge on any atom is 0.248 e. The molecule has 1 amide bonds. The second-order valence-electron chi connectivity index (χ2n) is 4.84. The van der Waals surface area contributed by atoms with Gasteiger partial charge in [0.15, 0.2) is 0 Å². The maximum atomic E-state index is 11.8. The number of hydrogen-bond donors (Lipinski definition) is 1. The first kappa shape index (κ1) is 13.7. The third-order valence-corrected chi connectivity index (χ3v) is 3.28. The summed E-state index contributed by atoms with van der Waals surface area (Å²) in [6.45, 7) is 8.12. The molecule has 0 bridgehead atoms. The van der Waals surface area contributed by atoms with Crippen molar-refractivity contribution < 1.29 is 9.53 Å². The topological polar surface area (TPSA) is 41.6 Å². The van der Waals surface area contributed by atoms with E-state index in [0.717, 1.165) is 26.2 Å². The molecule has 0 aliphatic carbocycles. The fourth-order valence-electron chi connectivity index (χ4n) is 2.39. The molecule has 4 nitrogen and oxygen atoms in total. The second kappa shape index (κ2) is 5.84. The number of nitrogens with one attached hydrogen (secondary N) is 1. The Bertz CT molecular complexity index is 236. The Morgan fingerprint density at radius 2 is 1.94 bits per heavy atom. The molecule has 0 aromatic rings. The van der Waals surface area contributed by atoms with Gasteiger partial charge in [0.1, 0.15) is 6.61 Å². The van der Waals surface area contributed by atoms with Crippen LogP contribution in [-0.2, 0) is 9.53 Å². The van der Waals surface area contributed by atoms with Crippen molar-refractivity contribution in [2.75, 3.05) is 32.8 Å². The summed E-state index contributed by atoms with van der Waals surface area (Å²) in [5, 5.41) is 3.36. The molecular weight excluding hydrogens is 228 g/mol. The van der Waals surface area contributed by atoms with Crippen LogP contribution in [0.1, 0.15) is 13.8 Å². The SMILES string of the molecule is CC(C)OCC(=O)N1C[C@H]2CNC[C@H]2C1.Cl. The van der Waals surface area contributed by atoms with E-state index in [0.29, 0.717) is 11.8 Å². The van der Waals surface area contributed by atoms with Gasteiger partial charge in [-0.05, 0) is 25.7 Å². The predicted molar refractivity (Wildman–Crippen MR) is 64.8 cm³/mol. The van der Waals surface area contributed by atoms with Crippen molar-refractivity contribution in [3.63, 3.8) is 0 Å². The molecule has 2 atom stereocenters. The van der Waals surface area contributed by atoms with Gasteiger partial charge in [0.25, 0.3) is 0 Å². The highest BCUT2D eigenvalue weighted by molar-refractivity contribution is 5.85. The van der Waals surface area contributed by atoms with E-state index < -0.39 is 0 Å². The Hall–Kier alpha value is -0.320. The van der Waals surface area contributed by atoms with Crippen LogP contribution in [0.15, 0.2) is 0 Å². The lowest BCUT2D eigenvalue weighted by molar-refractivity contribution is -0.136. The largest absolute Gasteiger partial charge is 0.369 e. The summed E-state index contributed by atoms with van der Waals surface area (Å²) >= 11 is 0. The summed E-state index contributed by atoms with van der Waals surface area (Å²) in [7, 11) is 0. The molecule has 0 aromatic heterocycles. The monoisotopic (exact) mass is 248 g/mol. The summed E-state index contributed by atoms with van der Waals surface area (Å²) < 4.78 is 5.33. The van der Waals surface area contributed by atoms with E-state index in [1.165, 1.54) is 0 Å². The van der Waals surface area contributed by atoms with E-state index in [4.69, 9.17) is 4.74 Å². The zero-order valence-electron chi connectivity index (χ0n) is 9.94. The Kier molecular flexibility index (Phi) is 5.02. The lowest BCUT2D eigenvalue weighted by atomic mass is 10.0. The van der Waals surface area contributed by atoms with Crippen molar-refractivity contribution in [2.24, 2.45) is 11.8 Å². The molecule has 94 valence electrons. The second-order valence-corrected chi connectivity index (χ2v) is 4.84. The molecule has 16 heavy (non-hydrogen) atoms. The lowest BCUT2D eigenvalue weighted by Crippen LogP contribution is -2.35. The first-order valence-corrected chi connectivity index (χ1v) is 5.77. The molecule has 2 aliphatic rings. The van der Waals surface area contributed by atoms with Gasteiger partial charge in [-0.2, -0.15) is 0 Å². The fourth-order valence-corrected chi connectivity index (χ4v) is 2.39. The summed E-state index contributed by atoms with van der Waals surface area (Å²) in [5.41, 5.74) is 0. The summed E-state index contributed by atoms with van der Waals surface area (Å²) in [6, 6.07) is 0. The molecular formula is C11H21ClN2O2. The Balaban J connectivity index is 0.00000128. The number of carbonyl (C=O) groups excluding carboxylic acids is 1. The molecule has 0 radical (unpaired) electrons. The molecule has 0 spiro atoms. The molecule has 2 saturated heterocycles. The standard InChI is InChI=1S/C11H20N2O2.ClH/c1-8(2)15-7-11(14)13-5-9-3-12-4-10(9)6-13;/h8-10,12H,3-7H2,1-2H3;1H/t9-,10+;. The van der Waals surface area contributed by atoms with Gasteiger partial charge in [-0.15, -0.1) is 12.4 Å². The Morgan fingerprint density at radius 1 is 1.38 bits per heavy atom. The Morgan fingerprint density at radius 3 is 2.44 bits per heavy atom.